The summed E-state index contributed by atoms with van der Waals surface area (Å²) in [6.07, 6.45) is 5.56. The number of hydrogen-bond donors (Lipinski definition) is 3. The highest BCUT2D eigenvalue weighted by Gasteiger charge is 2.34. The minimum Gasteiger partial charge on any atom is -0.507 e. The Balaban J connectivity index is 2.21. The van der Waals surface area contributed by atoms with Crippen LogP contribution in [0.3, 0.4) is 0 Å². The van der Waals surface area contributed by atoms with Crippen LogP contribution in [0, 0.1) is 17.8 Å². The molecule has 146 valence electrons. The van der Waals surface area contributed by atoms with E-state index in [-0.39, 0.29) is 41.2 Å². The van der Waals surface area contributed by atoms with Crippen LogP contribution in [0.4, 0.5) is 0 Å². The van der Waals surface area contributed by atoms with Crippen LogP contribution in [0.25, 0.3) is 0 Å². The highest BCUT2D eigenvalue weighted by atomic mass is 16.3. The van der Waals surface area contributed by atoms with E-state index in [1.165, 1.54) is 19.3 Å². The van der Waals surface area contributed by atoms with Crippen LogP contribution < -0.4 is 5.32 Å². The van der Waals surface area contributed by atoms with Crippen molar-refractivity contribution in [2.75, 3.05) is 0 Å². The molecule has 5 atom stereocenters. The topological polar surface area (TPSA) is 69.6 Å². The lowest BCUT2D eigenvalue weighted by atomic mass is 9.80. The second-order valence-electron chi connectivity index (χ2n) is 8.33. The van der Waals surface area contributed by atoms with Crippen molar-refractivity contribution < 1.29 is 15.0 Å². The van der Waals surface area contributed by atoms with Crippen molar-refractivity contribution >= 4 is 5.91 Å². The van der Waals surface area contributed by atoms with Crippen molar-refractivity contribution in [2.24, 2.45) is 17.8 Å². The fourth-order valence-corrected chi connectivity index (χ4v) is 4.12. The molecule has 1 aliphatic rings. The summed E-state index contributed by atoms with van der Waals surface area (Å²) in [6, 6.07) is 3.20. The van der Waals surface area contributed by atoms with Gasteiger partial charge < -0.3 is 15.5 Å². The zero-order chi connectivity index (χ0) is 19.4. The van der Waals surface area contributed by atoms with E-state index in [2.05, 4.69) is 26.1 Å². The molecule has 2 rings (SSSR count). The third-order valence-electron chi connectivity index (χ3n) is 6.15. The zero-order valence-electron chi connectivity index (χ0n) is 16.9. The molecule has 1 aromatic rings. The van der Waals surface area contributed by atoms with Gasteiger partial charge in [-0.05, 0) is 41.9 Å². The molecule has 0 bridgehead atoms. The van der Waals surface area contributed by atoms with Gasteiger partial charge in [0, 0.05) is 5.92 Å². The van der Waals surface area contributed by atoms with Gasteiger partial charge in [-0.25, -0.2) is 0 Å². The van der Waals surface area contributed by atoms with Crippen LogP contribution in [-0.4, -0.2) is 16.1 Å². The van der Waals surface area contributed by atoms with Gasteiger partial charge in [0.1, 0.15) is 11.5 Å². The number of amides is 1. The number of carbonyl (C=O) groups excluding carboxylic acids is 1. The highest BCUT2D eigenvalue weighted by molar-refractivity contribution is 5.80. The fourth-order valence-electron chi connectivity index (χ4n) is 4.12. The van der Waals surface area contributed by atoms with Gasteiger partial charge in [-0.15, -0.1) is 0 Å². The third kappa shape index (κ3) is 4.52. The molecule has 1 saturated heterocycles. The maximum Gasteiger partial charge on any atom is 0.223 e. The van der Waals surface area contributed by atoms with Crippen molar-refractivity contribution in [2.45, 2.75) is 78.7 Å². The summed E-state index contributed by atoms with van der Waals surface area (Å²) in [5.41, 5.74) is 1.41. The number of phenols is 2. The molecule has 1 aromatic carbocycles. The Morgan fingerprint density at radius 3 is 2.35 bits per heavy atom. The van der Waals surface area contributed by atoms with E-state index in [1.54, 1.807) is 12.1 Å². The summed E-state index contributed by atoms with van der Waals surface area (Å²) in [4.78, 5) is 12.1. The lowest BCUT2D eigenvalue weighted by Crippen LogP contribution is -2.42. The van der Waals surface area contributed by atoms with E-state index >= 15 is 0 Å². The molecule has 26 heavy (non-hydrogen) atoms. The van der Waals surface area contributed by atoms with Gasteiger partial charge in [0.2, 0.25) is 5.91 Å². The van der Waals surface area contributed by atoms with Crippen molar-refractivity contribution in [3.8, 4) is 11.5 Å². The first-order valence-electron chi connectivity index (χ1n) is 10.1. The van der Waals surface area contributed by atoms with Crippen LogP contribution in [0.15, 0.2) is 12.1 Å². The number of carbonyl (C=O) groups is 1. The predicted octanol–water partition coefficient (Wildman–Crippen LogP) is 5.25. The molecule has 1 fully saturated rings. The number of nitrogens with one attached hydrogen (secondary N) is 1. The quantitative estimate of drug-likeness (QED) is 0.581. The summed E-state index contributed by atoms with van der Waals surface area (Å²) in [5.74, 6) is 1.02. The summed E-state index contributed by atoms with van der Waals surface area (Å²) >= 11 is 0. The van der Waals surface area contributed by atoms with Gasteiger partial charge in [0.05, 0.1) is 11.6 Å². The molecular formula is C22H35NO3. The summed E-state index contributed by atoms with van der Waals surface area (Å²) < 4.78 is 0. The highest BCUT2D eigenvalue weighted by Crippen LogP contribution is 2.43. The molecule has 1 aliphatic heterocycles. The maximum atomic E-state index is 12.1. The van der Waals surface area contributed by atoms with Crippen LogP contribution >= 0.6 is 0 Å². The number of phenolic OH excluding ortho intramolecular Hbond substituents is 2. The Bertz CT molecular complexity index is 605. The minimum absolute atomic E-state index is 0.0195. The Hall–Kier alpha value is -1.71. The Labute approximate surface area is 158 Å². The number of aromatic hydroxyl groups is 2. The summed E-state index contributed by atoms with van der Waals surface area (Å²) in [6.45, 7) is 10.5. The minimum atomic E-state index is -0.343. The van der Waals surface area contributed by atoms with Crippen LogP contribution in [-0.2, 0) is 4.79 Å². The third-order valence-corrected chi connectivity index (χ3v) is 6.15. The van der Waals surface area contributed by atoms with Gasteiger partial charge in [0.15, 0.2) is 0 Å². The van der Waals surface area contributed by atoms with E-state index in [0.29, 0.717) is 11.5 Å². The van der Waals surface area contributed by atoms with Gasteiger partial charge in [0.25, 0.3) is 0 Å². The normalized spacial score (nSPS) is 25.6. The smallest absolute Gasteiger partial charge is 0.223 e. The molecule has 5 unspecified atom stereocenters. The van der Waals surface area contributed by atoms with Crippen molar-refractivity contribution in [1.82, 2.24) is 5.32 Å². The molecule has 0 aliphatic carbocycles. The van der Waals surface area contributed by atoms with E-state index in [0.717, 1.165) is 18.4 Å². The van der Waals surface area contributed by atoms with Gasteiger partial charge in [-0.2, -0.15) is 0 Å². The van der Waals surface area contributed by atoms with Crippen molar-refractivity contribution in [1.29, 1.82) is 0 Å². The Morgan fingerprint density at radius 1 is 1.15 bits per heavy atom. The molecule has 3 N–H and O–H groups in total. The Kier molecular flexibility index (Phi) is 6.96. The fraction of sp³-hybridized carbons (Fsp3) is 0.682. The molecule has 0 aromatic heterocycles. The first kappa shape index (κ1) is 20.6. The van der Waals surface area contributed by atoms with Crippen molar-refractivity contribution in [3.63, 3.8) is 0 Å². The van der Waals surface area contributed by atoms with Crippen molar-refractivity contribution in [3.05, 3.63) is 23.3 Å². The van der Waals surface area contributed by atoms with Gasteiger partial charge >= 0.3 is 0 Å². The largest absolute Gasteiger partial charge is 0.507 e. The predicted molar refractivity (Wildman–Crippen MR) is 105 cm³/mol. The second kappa shape index (κ2) is 8.79. The van der Waals surface area contributed by atoms with E-state index < -0.39 is 0 Å². The monoisotopic (exact) mass is 361 g/mol. The average molecular weight is 362 g/mol. The molecular weight excluding hydrogens is 326 g/mol. The number of unbranched alkanes of at least 4 members (excludes halogenated alkanes) is 2. The molecule has 1 heterocycles. The van der Waals surface area contributed by atoms with Gasteiger partial charge in [-0.1, -0.05) is 60.3 Å². The number of piperidine rings is 1. The van der Waals surface area contributed by atoms with Gasteiger partial charge in [-0.3, -0.25) is 4.79 Å². The van der Waals surface area contributed by atoms with Crippen LogP contribution in [0.1, 0.15) is 89.8 Å². The van der Waals surface area contributed by atoms with E-state index in [1.807, 2.05) is 13.8 Å². The first-order valence-corrected chi connectivity index (χ1v) is 10.1. The molecule has 0 saturated carbocycles. The summed E-state index contributed by atoms with van der Waals surface area (Å²) in [5, 5.41) is 24.2. The lowest BCUT2D eigenvalue weighted by molar-refractivity contribution is -0.128. The molecule has 0 radical (unpaired) electrons. The SMILES string of the molecule is CCCCCC(C)C(C)c1cc(O)c(C2NC(=O)C(C)CC2C)c(O)c1. The maximum absolute atomic E-state index is 12.1. The first-order chi connectivity index (χ1) is 12.3. The summed E-state index contributed by atoms with van der Waals surface area (Å²) in [7, 11) is 0. The molecule has 4 heteroatoms. The zero-order valence-corrected chi connectivity index (χ0v) is 16.9. The second-order valence-corrected chi connectivity index (χ2v) is 8.33. The average Bonchev–Trinajstić information content (AvgIpc) is 2.58. The van der Waals surface area contributed by atoms with Crippen LogP contribution in [0.5, 0.6) is 11.5 Å². The standard InChI is InChI=1S/C22H35NO3/c1-6-7-8-9-13(2)16(5)17-11-18(24)20(19(25)12-17)21-14(3)10-15(4)22(26)23-21/h11-16,21,24-25H,6-10H2,1-5H3,(H,23,26). The van der Waals surface area contributed by atoms with Crippen LogP contribution in [0.2, 0.25) is 0 Å². The molecule has 0 spiro atoms. The number of rotatable bonds is 7. The number of hydrogen-bond acceptors (Lipinski definition) is 3. The number of benzene rings is 1. The molecule has 1 amide bonds. The Morgan fingerprint density at radius 2 is 1.77 bits per heavy atom. The van der Waals surface area contributed by atoms with E-state index in [4.69, 9.17) is 0 Å². The van der Waals surface area contributed by atoms with E-state index in [9.17, 15) is 15.0 Å². The lowest BCUT2D eigenvalue weighted by Gasteiger charge is -2.34. The molecule has 4 nitrogen and oxygen atoms in total.